The molecule has 0 atom stereocenters. The molecule has 0 amide bonds. The van der Waals surface area contributed by atoms with Crippen LogP contribution in [0.5, 0.6) is 0 Å². The molecule has 0 aliphatic rings. The molecule has 7 nitrogen and oxygen atoms in total. The zero-order valence-corrected chi connectivity index (χ0v) is 43.9. The maximum Gasteiger partial charge on any atom is 1.00 e. The van der Waals surface area contributed by atoms with Gasteiger partial charge in [-0.15, -0.1) is 0 Å². The molecule has 0 aliphatic carbocycles. The predicted molar refractivity (Wildman–Crippen MR) is 260 cm³/mol. The van der Waals surface area contributed by atoms with Gasteiger partial charge in [-0.3, -0.25) is 0 Å². The first-order chi connectivity index (χ1) is 30.3. The summed E-state index contributed by atoms with van der Waals surface area (Å²) in [5, 5.41) is 0. The Kier molecular flexibility index (Phi) is 44.6. The van der Waals surface area contributed by atoms with E-state index in [-0.39, 0.29) is 48.3 Å². The molecule has 0 heterocycles. The summed E-state index contributed by atoms with van der Waals surface area (Å²) < 4.78 is 47.0. The number of ether oxygens (including phenoxy) is 2. The number of benzene rings is 1. The van der Waals surface area contributed by atoms with Crippen LogP contribution in [0.25, 0.3) is 0 Å². The second-order valence-electron chi connectivity index (χ2n) is 17.8. The van der Waals surface area contributed by atoms with Crippen LogP contribution in [-0.2, 0) is 19.6 Å². The standard InChI is InChI=1S/C54H94O7S.Na/c1-3-5-7-9-11-13-15-17-19-21-23-25-27-29-31-33-35-37-39-41-43-48-60-53(55)50-46-45-47-51(62(57,58)59)52(50)54(56)61-49-44-42-40-38-36-34-32-30-28-26-24-22-20-18-16-14-12-10-8-6-4-2;/h21-24,45-47H,3-20,25-44,48-49H2,1-2H3,(H,57,58,59);/q;+1/p-1/b23-21+,24-22+;. The third kappa shape index (κ3) is 37.3. The number of unbranched alkanes of at least 4 members (excludes halogenated alkanes) is 34. The van der Waals surface area contributed by atoms with E-state index in [1.165, 1.54) is 205 Å². The van der Waals surface area contributed by atoms with Gasteiger partial charge in [-0.2, -0.15) is 0 Å². The first-order valence-corrected chi connectivity index (χ1v) is 27.5. The van der Waals surface area contributed by atoms with E-state index < -0.39 is 32.5 Å². The normalized spacial score (nSPS) is 11.7. The number of allylic oxidation sites excluding steroid dienone is 4. The average molecular weight is 909 g/mol. The molecule has 0 radical (unpaired) electrons. The molecule has 358 valence electrons. The average Bonchev–Trinajstić information content (AvgIpc) is 3.26. The van der Waals surface area contributed by atoms with Crippen LogP contribution in [0.15, 0.2) is 47.4 Å². The fraction of sp³-hybridized carbons (Fsp3) is 0.778. The molecule has 0 spiro atoms. The first-order valence-electron chi connectivity index (χ1n) is 26.1. The fourth-order valence-electron chi connectivity index (χ4n) is 8.07. The van der Waals surface area contributed by atoms with Crippen molar-refractivity contribution in [2.45, 2.75) is 263 Å². The van der Waals surface area contributed by atoms with E-state index in [0.717, 1.165) is 44.6 Å². The minimum absolute atomic E-state index is 0. The van der Waals surface area contributed by atoms with Crippen LogP contribution in [0.4, 0.5) is 0 Å². The smallest absolute Gasteiger partial charge is 0.744 e. The monoisotopic (exact) mass is 909 g/mol. The topological polar surface area (TPSA) is 110 Å². The van der Waals surface area contributed by atoms with Crippen molar-refractivity contribution < 1.29 is 61.6 Å². The quantitative estimate of drug-likeness (QED) is 0.0211. The van der Waals surface area contributed by atoms with Gasteiger partial charge in [0.25, 0.3) is 0 Å². The molecule has 63 heavy (non-hydrogen) atoms. The van der Waals surface area contributed by atoms with Gasteiger partial charge in [0.15, 0.2) is 0 Å². The number of esters is 2. The Morgan fingerprint density at radius 3 is 1.05 bits per heavy atom. The van der Waals surface area contributed by atoms with E-state index in [1.807, 2.05) is 0 Å². The Balaban J connectivity index is 0.0000384. The van der Waals surface area contributed by atoms with Crippen LogP contribution >= 0.6 is 0 Å². The Bertz CT molecular complexity index is 1380. The molecule has 0 aromatic heterocycles. The summed E-state index contributed by atoms with van der Waals surface area (Å²) in [5.41, 5.74) is -0.776. The molecule has 0 saturated carbocycles. The van der Waals surface area contributed by atoms with Crippen LogP contribution < -0.4 is 29.6 Å². The summed E-state index contributed by atoms with van der Waals surface area (Å²) in [7, 11) is -5.02. The van der Waals surface area contributed by atoms with Crippen molar-refractivity contribution in [3.8, 4) is 0 Å². The van der Waals surface area contributed by atoms with Crippen molar-refractivity contribution in [2.24, 2.45) is 0 Å². The first kappa shape index (κ1) is 61.5. The van der Waals surface area contributed by atoms with Gasteiger partial charge in [0.05, 0.1) is 29.2 Å². The number of rotatable bonds is 45. The second-order valence-corrected chi connectivity index (χ2v) is 19.2. The van der Waals surface area contributed by atoms with Gasteiger partial charge in [0, 0.05) is 0 Å². The molecule has 0 aliphatic heterocycles. The van der Waals surface area contributed by atoms with Gasteiger partial charge >= 0.3 is 41.5 Å². The van der Waals surface area contributed by atoms with E-state index in [1.54, 1.807) is 0 Å². The fourth-order valence-corrected chi connectivity index (χ4v) is 8.76. The van der Waals surface area contributed by atoms with Crippen LogP contribution in [0, 0.1) is 0 Å². The van der Waals surface area contributed by atoms with Crippen molar-refractivity contribution in [3.05, 3.63) is 53.6 Å². The SMILES string of the molecule is CCCCCCCCCC/C=C/CCCCCCCCCCCOC(=O)c1cccc(S(=O)(=O)[O-])c1C(=O)OCCCCCCCCCCC/C=C/CCCCCCCCCC.[Na+]. The minimum Gasteiger partial charge on any atom is -0.744 e. The van der Waals surface area contributed by atoms with Crippen molar-refractivity contribution in [1.82, 2.24) is 0 Å². The number of hydrogen-bond acceptors (Lipinski definition) is 7. The molecule has 1 rings (SSSR count). The maximum atomic E-state index is 13.1. The third-order valence-corrected chi connectivity index (χ3v) is 12.9. The molecule has 0 fully saturated rings. The minimum atomic E-state index is -5.02. The van der Waals surface area contributed by atoms with Gasteiger partial charge < -0.3 is 14.0 Å². The van der Waals surface area contributed by atoms with Crippen molar-refractivity contribution in [1.29, 1.82) is 0 Å². The molecule has 0 N–H and O–H groups in total. The van der Waals surface area contributed by atoms with Crippen molar-refractivity contribution in [3.63, 3.8) is 0 Å². The maximum absolute atomic E-state index is 13.1. The Morgan fingerprint density at radius 2 is 0.730 bits per heavy atom. The third-order valence-electron chi connectivity index (χ3n) is 12.0. The van der Waals surface area contributed by atoms with Crippen molar-refractivity contribution in [2.75, 3.05) is 13.2 Å². The summed E-state index contributed by atoms with van der Waals surface area (Å²) in [6.45, 7) is 4.78. The van der Waals surface area contributed by atoms with Gasteiger partial charge in [0.2, 0.25) is 0 Å². The largest absolute Gasteiger partial charge is 1.00 e. The summed E-state index contributed by atoms with van der Waals surface area (Å²) in [6.07, 6.45) is 56.2. The van der Waals surface area contributed by atoms with E-state index in [0.29, 0.717) is 12.8 Å². The Hall–Kier alpha value is -1.45. The molecule has 0 bridgehead atoms. The van der Waals surface area contributed by atoms with Crippen LogP contribution in [0.2, 0.25) is 0 Å². The molecular weight excluding hydrogens is 816 g/mol. The van der Waals surface area contributed by atoms with Gasteiger partial charge in [-0.1, -0.05) is 224 Å². The zero-order chi connectivity index (χ0) is 45.0. The molecule has 1 aromatic rings. The van der Waals surface area contributed by atoms with E-state index in [2.05, 4.69) is 38.2 Å². The predicted octanol–water partition coefficient (Wildman–Crippen LogP) is 13.9. The number of carbonyl (C=O) groups is 2. The molecule has 1 aromatic carbocycles. The molecule has 9 heteroatoms. The number of hydrogen-bond donors (Lipinski definition) is 0. The van der Waals surface area contributed by atoms with Crippen LogP contribution in [0.1, 0.15) is 279 Å². The Labute approximate surface area is 410 Å². The van der Waals surface area contributed by atoms with Crippen LogP contribution in [-0.4, -0.2) is 38.1 Å². The van der Waals surface area contributed by atoms with Gasteiger partial charge in [-0.25, -0.2) is 18.0 Å². The van der Waals surface area contributed by atoms with E-state index >= 15 is 0 Å². The summed E-state index contributed by atoms with van der Waals surface area (Å²) in [5.74, 6) is -1.81. The summed E-state index contributed by atoms with van der Waals surface area (Å²) >= 11 is 0. The summed E-state index contributed by atoms with van der Waals surface area (Å²) in [4.78, 5) is 25.3. The summed E-state index contributed by atoms with van der Waals surface area (Å²) in [6, 6.07) is 3.64. The second kappa shape index (κ2) is 45.7. The van der Waals surface area contributed by atoms with Gasteiger partial charge in [0.1, 0.15) is 10.1 Å². The van der Waals surface area contributed by atoms with Gasteiger partial charge in [-0.05, 0) is 76.3 Å². The van der Waals surface area contributed by atoms with Crippen molar-refractivity contribution >= 4 is 22.1 Å². The molecular formula is C54H93NaO7S. The molecule has 0 unspecified atom stereocenters. The van der Waals surface area contributed by atoms with E-state index in [4.69, 9.17) is 9.47 Å². The van der Waals surface area contributed by atoms with Crippen LogP contribution in [0.3, 0.4) is 0 Å². The zero-order valence-electron chi connectivity index (χ0n) is 41.1. The Morgan fingerprint density at radius 1 is 0.444 bits per heavy atom. The number of carbonyl (C=O) groups excluding carboxylic acids is 2. The molecule has 0 saturated heterocycles. The van der Waals surface area contributed by atoms with E-state index in [9.17, 15) is 22.6 Å².